The largest absolute Gasteiger partial charge is 0.379 e. The number of aromatic nitrogens is 5. The zero-order valence-electron chi connectivity index (χ0n) is 18.0. The average molecular weight is 425 g/mol. The minimum atomic E-state index is 0.806. The van der Waals surface area contributed by atoms with Crippen molar-refractivity contribution in [2.75, 3.05) is 26.3 Å². The van der Waals surface area contributed by atoms with Gasteiger partial charge in [-0.15, -0.1) is 0 Å². The van der Waals surface area contributed by atoms with Crippen molar-refractivity contribution < 1.29 is 4.74 Å². The summed E-state index contributed by atoms with van der Waals surface area (Å²) in [4.78, 5) is 19.9. The fourth-order valence-corrected chi connectivity index (χ4v) is 4.52. The number of ether oxygens (including phenoxy) is 1. The predicted octanol–water partition coefficient (Wildman–Crippen LogP) is 4.10. The van der Waals surface area contributed by atoms with Crippen molar-refractivity contribution in [3.8, 4) is 16.9 Å². The van der Waals surface area contributed by atoms with Gasteiger partial charge in [-0.3, -0.25) is 14.5 Å². The van der Waals surface area contributed by atoms with Crippen molar-refractivity contribution in [3.05, 3.63) is 72.4 Å². The third-order valence-corrected chi connectivity index (χ3v) is 6.10. The van der Waals surface area contributed by atoms with Crippen LogP contribution in [0.5, 0.6) is 0 Å². The number of pyridine rings is 2. The molecule has 0 spiro atoms. The van der Waals surface area contributed by atoms with Gasteiger partial charge in [0.2, 0.25) is 0 Å². The lowest BCUT2D eigenvalue weighted by Gasteiger charge is -2.26. The average Bonchev–Trinajstić information content (AvgIpc) is 3.43. The van der Waals surface area contributed by atoms with Gasteiger partial charge in [0.15, 0.2) is 5.65 Å². The molecule has 1 N–H and O–H groups in total. The van der Waals surface area contributed by atoms with E-state index in [2.05, 4.69) is 49.8 Å². The van der Waals surface area contributed by atoms with E-state index in [1.54, 1.807) is 0 Å². The predicted molar refractivity (Wildman–Crippen MR) is 125 cm³/mol. The molecular formula is C25H24N6O. The number of H-pyrrole nitrogens is 1. The van der Waals surface area contributed by atoms with Gasteiger partial charge in [0.25, 0.3) is 0 Å². The third-order valence-electron chi connectivity index (χ3n) is 6.10. The fourth-order valence-electron chi connectivity index (χ4n) is 4.52. The molecule has 32 heavy (non-hydrogen) atoms. The van der Waals surface area contributed by atoms with Crippen LogP contribution in [-0.4, -0.2) is 55.7 Å². The number of aromatic amines is 1. The molecule has 6 rings (SSSR count). The number of nitrogens with zero attached hydrogens (tertiary/aromatic N) is 5. The van der Waals surface area contributed by atoms with Crippen molar-refractivity contribution in [1.29, 1.82) is 0 Å². The number of benzene rings is 1. The molecule has 7 heteroatoms. The number of hydrogen-bond acceptors (Lipinski definition) is 5. The third kappa shape index (κ3) is 3.36. The Morgan fingerprint density at radius 1 is 1.03 bits per heavy atom. The number of rotatable bonds is 4. The van der Waals surface area contributed by atoms with Crippen LogP contribution < -0.4 is 0 Å². The number of imidazole rings is 1. The van der Waals surface area contributed by atoms with Crippen molar-refractivity contribution in [2.24, 2.45) is 0 Å². The second-order valence-corrected chi connectivity index (χ2v) is 8.22. The van der Waals surface area contributed by atoms with E-state index in [1.807, 2.05) is 37.6 Å². The highest BCUT2D eigenvalue weighted by molar-refractivity contribution is 5.94. The van der Waals surface area contributed by atoms with E-state index in [0.29, 0.717) is 0 Å². The molecule has 0 radical (unpaired) electrons. The first-order valence-electron chi connectivity index (χ1n) is 10.9. The van der Waals surface area contributed by atoms with E-state index >= 15 is 0 Å². The summed E-state index contributed by atoms with van der Waals surface area (Å²) < 4.78 is 7.63. The molecule has 1 aromatic carbocycles. The zero-order chi connectivity index (χ0) is 21.5. The van der Waals surface area contributed by atoms with E-state index in [1.165, 1.54) is 5.56 Å². The summed E-state index contributed by atoms with van der Waals surface area (Å²) in [6.07, 6.45) is 5.65. The Hall–Kier alpha value is -3.55. The Bertz CT molecular complexity index is 1410. The van der Waals surface area contributed by atoms with Crippen molar-refractivity contribution >= 4 is 22.1 Å². The van der Waals surface area contributed by atoms with Crippen LogP contribution in [0.3, 0.4) is 0 Å². The molecule has 1 saturated heterocycles. The summed E-state index contributed by atoms with van der Waals surface area (Å²) in [6.45, 7) is 6.51. The van der Waals surface area contributed by atoms with Gasteiger partial charge in [0.1, 0.15) is 11.3 Å². The van der Waals surface area contributed by atoms with E-state index < -0.39 is 0 Å². The van der Waals surface area contributed by atoms with Crippen molar-refractivity contribution in [1.82, 2.24) is 29.4 Å². The quantitative estimate of drug-likeness (QED) is 0.470. The van der Waals surface area contributed by atoms with Gasteiger partial charge in [-0.25, -0.2) is 9.97 Å². The highest BCUT2D eigenvalue weighted by atomic mass is 16.5. The van der Waals surface area contributed by atoms with Crippen LogP contribution in [0.1, 0.15) is 11.4 Å². The Morgan fingerprint density at radius 3 is 2.84 bits per heavy atom. The Labute approximate surface area is 185 Å². The second-order valence-electron chi connectivity index (χ2n) is 8.22. The molecule has 5 heterocycles. The Kier molecular flexibility index (Phi) is 4.70. The summed E-state index contributed by atoms with van der Waals surface area (Å²) in [5.74, 6) is 0.922. The summed E-state index contributed by atoms with van der Waals surface area (Å²) in [7, 11) is 0. The van der Waals surface area contributed by atoms with Crippen molar-refractivity contribution in [2.45, 2.75) is 13.5 Å². The van der Waals surface area contributed by atoms with Crippen LogP contribution in [0.15, 0.2) is 61.1 Å². The number of aryl methyl sites for hydroxylation is 1. The second kappa shape index (κ2) is 7.85. The standard InChI is InChI=1S/C25H24N6O/c1-17-28-23-6-5-22(21-14-26-15-24-20(21)7-8-27-24)29-25(23)31(17)19-4-2-3-18(13-19)16-30-9-11-32-12-10-30/h2-8,13-15,27H,9-12,16H2,1H3. The molecule has 7 nitrogen and oxygen atoms in total. The lowest BCUT2D eigenvalue weighted by atomic mass is 10.1. The first-order chi connectivity index (χ1) is 15.8. The number of nitrogens with one attached hydrogen (secondary N) is 1. The monoisotopic (exact) mass is 424 g/mol. The minimum Gasteiger partial charge on any atom is -0.379 e. The maximum atomic E-state index is 5.48. The van der Waals surface area contributed by atoms with Gasteiger partial charge >= 0.3 is 0 Å². The van der Waals surface area contributed by atoms with Crippen LogP contribution in [0, 0.1) is 6.92 Å². The number of fused-ring (bicyclic) bond motifs is 2. The van der Waals surface area contributed by atoms with Gasteiger partial charge in [-0.1, -0.05) is 12.1 Å². The molecule has 0 amide bonds. The van der Waals surface area contributed by atoms with E-state index in [9.17, 15) is 0 Å². The Balaban J connectivity index is 1.43. The molecule has 4 aromatic heterocycles. The van der Waals surface area contributed by atoms with Gasteiger partial charge in [0.05, 0.1) is 30.6 Å². The molecule has 1 fully saturated rings. The maximum Gasteiger partial charge on any atom is 0.165 e. The summed E-state index contributed by atoms with van der Waals surface area (Å²) in [5, 5.41) is 1.11. The zero-order valence-corrected chi connectivity index (χ0v) is 18.0. The summed E-state index contributed by atoms with van der Waals surface area (Å²) in [5.41, 5.74) is 7.01. The molecular weight excluding hydrogens is 400 g/mol. The topological polar surface area (TPSA) is 71.9 Å². The molecule has 0 aliphatic carbocycles. The molecule has 0 bridgehead atoms. The van der Waals surface area contributed by atoms with Crippen LogP contribution in [0.2, 0.25) is 0 Å². The van der Waals surface area contributed by atoms with Gasteiger partial charge in [-0.05, 0) is 42.8 Å². The van der Waals surface area contributed by atoms with Gasteiger partial charge < -0.3 is 9.72 Å². The molecule has 0 atom stereocenters. The smallest absolute Gasteiger partial charge is 0.165 e. The highest BCUT2D eigenvalue weighted by Crippen LogP contribution is 2.29. The van der Waals surface area contributed by atoms with Crippen molar-refractivity contribution in [3.63, 3.8) is 0 Å². The van der Waals surface area contributed by atoms with Gasteiger partial charge in [-0.2, -0.15) is 0 Å². The van der Waals surface area contributed by atoms with E-state index in [0.717, 1.165) is 77.7 Å². The molecule has 5 aromatic rings. The SMILES string of the molecule is Cc1nc2ccc(-c3cncc4[nH]ccc34)nc2n1-c1cccc(CN2CCOCC2)c1. The fraction of sp³-hybridized carbons (Fsp3) is 0.240. The minimum absolute atomic E-state index is 0.806. The summed E-state index contributed by atoms with van der Waals surface area (Å²) in [6, 6.07) is 14.8. The molecule has 160 valence electrons. The van der Waals surface area contributed by atoms with Crippen LogP contribution in [-0.2, 0) is 11.3 Å². The molecule has 1 aliphatic heterocycles. The maximum absolute atomic E-state index is 5.48. The highest BCUT2D eigenvalue weighted by Gasteiger charge is 2.15. The van der Waals surface area contributed by atoms with Crippen LogP contribution >= 0.6 is 0 Å². The van der Waals surface area contributed by atoms with Gasteiger partial charge in [0, 0.05) is 48.7 Å². The lowest BCUT2D eigenvalue weighted by molar-refractivity contribution is 0.0342. The van der Waals surface area contributed by atoms with E-state index in [4.69, 9.17) is 14.7 Å². The van der Waals surface area contributed by atoms with E-state index in [-0.39, 0.29) is 0 Å². The molecule has 0 saturated carbocycles. The summed E-state index contributed by atoms with van der Waals surface area (Å²) >= 11 is 0. The number of morpholine rings is 1. The van der Waals surface area contributed by atoms with Crippen LogP contribution in [0.25, 0.3) is 39.0 Å². The van der Waals surface area contributed by atoms with Crippen LogP contribution in [0.4, 0.5) is 0 Å². The lowest BCUT2D eigenvalue weighted by Crippen LogP contribution is -2.35. The first-order valence-corrected chi connectivity index (χ1v) is 10.9. The molecule has 1 aliphatic rings. The Morgan fingerprint density at radius 2 is 1.94 bits per heavy atom. The molecule has 0 unspecified atom stereocenters. The normalized spacial score (nSPS) is 15.0. The number of hydrogen-bond donors (Lipinski definition) is 1. The first kappa shape index (κ1) is 19.2.